The highest BCUT2D eigenvalue weighted by atomic mass is 32.2. The molecule has 0 saturated carbocycles. The van der Waals surface area contributed by atoms with Gasteiger partial charge in [0.25, 0.3) is 5.91 Å². The normalized spacial score (nSPS) is 11.5. The number of rotatable bonds is 6. The van der Waals surface area contributed by atoms with E-state index < -0.39 is 11.2 Å². The zero-order chi connectivity index (χ0) is 20.8. The van der Waals surface area contributed by atoms with Crippen molar-refractivity contribution < 1.29 is 14.1 Å². The van der Waals surface area contributed by atoms with Crippen molar-refractivity contribution >= 4 is 40.1 Å². The Bertz CT molecular complexity index is 1020. The quantitative estimate of drug-likeness (QED) is 0.430. The molecule has 1 atom stereocenters. The first-order valence-corrected chi connectivity index (χ1v) is 10.5. The second kappa shape index (κ2) is 9.27. The Morgan fingerprint density at radius 1 is 0.931 bits per heavy atom. The monoisotopic (exact) mass is 407 g/mol. The van der Waals surface area contributed by atoms with Crippen LogP contribution in [0.25, 0.3) is 0 Å². The number of amides is 2. The van der Waals surface area contributed by atoms with E-state index in [1.165, 1.54) is 0 Å². The van der Waals surface area contributed by atoms with Crippen molar-refractivity contribution in [2.75, 3.05) is 22.6 Å². The third kappa shape index (κ3) is 5.60. The van der Waals surface area contributed by atoms with Crippen LogP contribution >= 0.6 is 0 Å². The third-order valence-electron chi connectivity index (χ3n) is 4.26. The van der Waals surface area contributed by atoms with Gasteiger partial charge < -0.3 is 20.9 Å². The lowest BCUT2D eigenvalue weighted by atomic mass is 10.1. The number of nitrogen functional groups attached to an aromatic ring is 1. The molecule has 0 radical (unpaired) electrons. The van der Waals surface area contributed by atoms with Gasteiger partial charge in [0.15, 0.2) is 4.90 Å². The molecule has 4 N–H and O–H groups in total. The number of hydrogen-bond donors (Lipinski definition) is 3. The molecule has 1 unspecified atom stereocenters. The first-order valence-electron chi connectivity index (χ1n) is 8.90. The number of benzene rings is 3. The maximum Gasteiger partial charge on any atom is 0.255 e. The lowest BCUT2D eigenvalue weighted by Crippen LogP contribution is -2.16. The van der Waals surface area contributed by atoms with Crippen molar-refractivity contribution in [1.29, 1.82) is 0 Å². The molecule has 0 bridgehead atoms. The van der Waals surface area contributed by atoms with E-state index in [4.69, 9.17) is 5.73 Å². The van der Waals surface area contributed by atoms with Gasteiger partial charge in [-0.25, -0.2) is 0 Å². The smallest absolute Gasteiger partial charge is 0.255 e. The summed E-state index contributed by atoms with van der Waals surface area (Å²) >= 11 is -1.07. The van der Waals surface area contributed by atoms with Gasteiger partial charge in [-0.1, -0.05) is 24.3 Å². The Morgan fingerprint density at radius 2 is 1.66 bits per heavy atom. The second-order valence-electron chi connectivity index (χ2n) is 6.44. The number of nitrogens with two attached hydrogens (primary N) is 1. The van der Waals surface area contributed by atoms with Gasteiger partial charge in [-0.3, -0.25) is 9.59 Å². The van der Waals surface area contributed by atoms with E-state index in [9.17, 15) is 14.1 Å². The van der Waals surface area contributed by atoms with Gasteiger partial charge in [0.1, 0.15) is 6.26 Å². The van der Waals surface area contributed by atoms with Crippen molar-refractivity contribution in [2.24, 2.45) is 0 Å². The average molecular weight is 407 g/mol. The van der Waals surface area contributed by atoms with Gasteiger partial charge in [0, 0.05) is 22.6 Å². The second-order valence-corrected chi connectivity index (χ2v) is 7.82. The number of hydrogen-bond acceptors (Lipinski definition) is 4. The molecule has 0 aliphatic carbocycles. The molecule has 0 aromatic heterocycles. The lowest BCUT2D eigenvalue weighted by Gasteiger charge is -2.10. The molecular formula is C22H21N3O3S. The summed E-state index contributed by atoms with van der Waals surface area (Å²) in [5, 5.41) is 5.57. The number of nitrogens with one attached hydrogen (secondary N) is 2. The molecule has 0 aliphatic rings. The first-order chi connectivity index (χ1) is 13.9. The fourth-order valence-electron chi connectivity index (χ4n) is 2.74. The van der Waals surface area contributed by atoms with E-state index >= 15 is 0 Å². The summed E-state index contributed by atoms with van der Waals surface area (Å²) in [6.45, 7) is 0. The summed E-state index contributed by atoms with van der Waals surface area (Å²) in [5.41, 5.74) is 8.71. The summed E-state index contributed by atoms with van der Waals surface area (Å²) in [6, 6.07) is 20.7. The Labute approximate surface area is 172 Å². The van der Waals surface area contributed by atoms with Crippen LogP contribution in [0.5, 0.6) is 0 Å². The topological polar surface area (TPSA) is 107 Å². The molecule has 3 aromatic rings. The maximum atomic E-state index is 12.5. The van der Waals surface area contributed by atoms with Gasteiger partial charge in [-0.05, 0) is 65.3 Å². The van der Waals surface area contributed by atoms with Crippen LogP contribution in [0.3, 0.4) is 0 Å². The minimum Gasteiger partial charge on any atom is -0.612 e. The van der Waals surface area contributed by atoms with Crippen molar-refractivity contribution in [2.45, 2.75) is 11.3 Å². The van der Waals surface area contributed by atoms with Crippen LogP contribution in [0.15, 0.2) is 77.7 Å². The predicted octanol–water partition coefficient (Wildman–Crippen LogP) is 3.44. The fourth-order valence-corrected chi connectivity index (χ4v) is 3.26. The third-order valence-corrected chi connectivity index (χ3v) is 5.19. The molecule has 0 saturated heterocycles. The zero-order valence-electron chi connectivity index (χ0n) is 15.8. The molecule has 6 nitrogen and oxygen atoms in total. The highest BCUT2D eigenvalue weighted by Gasteiger charge is 2.11. The standard InChI is InChI=1S/C22H21N3O3S/c1-29(28)19-11-9-17(10-12-19)25-22(27)16-6-4-7-18(13-16)24-21(26)14-15-5-2-3-8-20(15)23/h2-13H,14,23H2,1H3,(H,24,26)(H,25,27). The number of anilines is 3. The van der Waals surface area contributed by atoms with Gasteiger partial charge in [0.05, 0.1) is 6.42 Å². The Balaban J connectivity index is 1.64. The van der Waals surface area contributed by atoms with Gasteiger partial charge in [-0.2, -0.15) is 0 Å². The van der Waals surface area contributed by atoms with E-state index in [2.05, 4.69) is 10.6 Å². The molecule has 0 heterocycles. The van der Waals surface area contributed by atoms with Crippen LogP contribution < -0.4 is 16.4 Å². The van der Waals surface area contributed by atoms with Gasteiger partial charge >= 0.3 is 0 Å². The minimum absolute atomic E-state index is 0.147. The molecule has 7 heteroatoms. The average Bonchev–Trinajstić information content (AvgIpc) is 2.70. The molecule has 3 aromatic carbocycles. The highest BCUT2D eigenvalue weighted by molar-refractivity contribution is 7.90. The largest absolute Gasteiger partial charge is 0.612 e. The first kappa shape index (κ1) is 20.4. The van der Waals surface area contributed by atoms with Gasteiger partial charge in [0.2, 0.25) is 5.91 Å². The maximum absolute atomic E-state index is 12.5. The molecule has 2 amide bonds. The number of para-hydroxylation sites is 1. The van der Waals surface area contributed by atoms with Crippen molar-refractivity contribution in [3.63, 3.8) is 0 Å². The summed E-state index contributed by atoms with van der Waals surface area (Å²) in [5.74, 6) is -0.526. The summed E-state index contributed by atoms with van der Waals surface area (Å²) in [4.78, 5) is 25.5. The Kier molecular flexibility index (Phi) is 6.54. The van der Waals surface area contributed by atoms with Crippen LogP contribution in [-0.2, 0) is 22.4 Å². The SMILES string of the molecule is C[S+]([O-])c1ccc(NC(=O)c2cccc(NC(=O)Cc3ccccc3N)c2)cc1. The predicted molar refractivity (Wildman–Crippen MR) is 116 cm³/mol. The van der Waals surface area contributed by atoms with Crippen LogP contribution in [0.1, 0.15) is 15.9 Å². The highest BCUT2D eigenvalue weighted by Crippen LogP contribution is 2.17. The molecule has 0 aliphatic heterocycles. The Morgan fingerprint density at radius 3 is 2.34 bits per heavy atom. The lowest BCUT2D eigenvalue weighted by molar-refractivity contribution is -0.115. The minimum atomic E-state index is -1.07. The molecule has 0 fully saturated rings. The van der Waals surface area contributed by atoms with Crippen molar-refractivity contribution in [3.05, 3.63) is 83.9 Å². The van der Waals surface area contributed by atoms with E-state index in [1.807, 2.05) is 12.1 Å². The number of carbonyl (C=O) groups excluding carboxylic acids is 2. The molecule has 3 rings (SSSR count). The summed E-state index contributed by atoms with van der Waals surface area (Å²) < 4.78 is 11.4. The molecule has 148 valence electrons. The van der Waals surface area contributed by atoms with Crippen LogP contribution in [-0.4, -0.2) is 22.6 Å². The van der Waals surface area contributed by atoms with E-state index in [-0.39, 0.29) is 18.2 Å². The molecule has 29 heavy (non-hydrogen) atoms. The number of carbonyl (C=O) groups is 2. The van der Waals surface area contributed by atoms with Crippen LogP contribution in [0, 0.1) is 0 Å². The fraction of sp³-hybridized carbons (Fsp3) is 0.0909. The Hall–Kier alpha value is -3.29. The summed E-state index contributed by atoms with van der Waals surface area (Å²) in [7, 11) is 0. The van der Waals surface area contributed by atoms with E-state index in [1.54, 1.807) is 66.9 Å². The summed E-state index contributed by atoms with van der Waals surface area (Å²) in [6.07, 6.45) is 1.74. The molecular weight excluding hydrogens is 386 g/mol. The van der Waals surface area contributed by atoms with E-state index in [0.29, 0.717) is 27.5 Å². The van der Waals surface area contributed by atoms with E-state index in [0.717, 1.165) is 5.56 Å². The van der Waals surface area contributed by atoms with Crippen molar-refractivity contribution in [1.82, 2.24) is 0 Å². The van der Waals surface area contributed by atoms with Crippen LogP contribution in [0.2, 0.25) is 0 Å². The van der Waals surface area contributed by atoms with Crippen LogP contribution in [0.4, 0.5) is 17.1 Å². The van der Waals surface area contributed by atoms with Crippen molar-refractivity contribution in [3.8, 4) is 0 Å². The van der Waals surface area contributed by atoms with Gasteiger partial charge in [-0.15, -0.1) is 0 Å². The zero-order valence-corrected chi connectivity index (χ0v) is 16.7. The molecule has 0 spiro atoms.